The summed E-state index contributed by atoms with van der Waals surface area (Å²) in [6, 6.07) is 3.92. The van der Waals surface area contributed by atoms with Crippen molar-refractivity contribution in [2.75, 3.05) is 38.6 Å². The van der Waals surface area contributed by atoms with Gasteiger partial charge in [-0.05, 0) is 45.0 Å². The second-order valence-electron chi connectivity index (χ2n) is 5.49. The molecule has 1 aromatic rings. The third kappa shape index (κ3) is 3.42. The van der Waals surface area contributed by atoms with Crippen LogP contribution in [-0.2, 0) is 0 Å². The van der Waals surface area contributed by atoms with E-state index in [1.165, 1.54) is 13.0 Å². The molecule has 0 spiro atoms. The maximum atomic E-state index is 5.79. The summed E-state index contributed by atoms with van der Waals surface area (Å²) in [7, 11) is 4.24. The summed E-state index contributed by atoms with van der Waals surface area (Å²) < 4.78 is 0. The number of nitrogens with two attached hydrogens (primary N) is 1. The molecule has 2 N–H and O–H groups in total. The lowest BCUT2D eigenvalue weighted by molar-refractivity contribution is 0.395. The minimum Gasteiger partial charge on any atom is -0.389 e. The van der Waals surface area contributed by atoms with E-state index < -0.39 is 0 Å². The highest BCUT2D eigenvalue weighted by atomic mass is 32.1. The van der Waals surface area contributed by atoms with Crippen LogP contribution in [-0.4, -0.2) is 48.6 Å². The molecule has 1 unspecified atom stereocenters. The van der Waals surface area contributed by atoms with Gasteiger partial charge in [0, 0.05) is 25.8 Å². The summed E-state index contributed by atoms with van der Waals surface area (Å²) in [5.74, 6) is 1.60. The Hall–Kier alpha value is -1.20. The smallest absolute Gasteiger partial charge is 0.138 e. The second kappa shape index (κ2) is 5.84. The van der Waals surface area contributed by atoms with Gasteiger partial charge in [0.1, 0.15) is 10.8 Å². The predicted molar refractivity (Wildman–Crippen MR) is 83.7 cm³/mol. The monoisotopic (exact) mass is 278 g/mol. The third-order valence-corrected chi connectivity index (χ3v) is 3.88. The first kappa shape index (κ1) is 14.2. The predicted octanol–water partition coefficient (Wildman–Crippen LogP) is 1.41. The molecule has 1 aromatic heterocycles. The number of hydrogen-bond acceptors (Lipinski definition) is 4. The van der Waals surface area contributed by atoms with Crippen molar-refractivity contribution in [1.29, 1.82) is 0 Å². The molecule has 2 rings (SSSR count). The van der Waals surface area contributed by atoms with Crippen LogP contribution in [0.3, 0.4) is 0 Å². The molecular weight excluding hydrogens is 256 g/mol. The van der Waals surface area contributed by atoms with Crippen LogP contribution in [0.1, 0.15) is 17.7 Å². The molecule has 1 atom stereocenters. The molecular formula is C14H22N4S. The first-order valence-corrected chi connectivity index (χ1v) is 7.05. The third-order valence-electron chi connectivity index (χ3n) is 3.66. The molecule has 1 saturated heterocycles. The summed E-state index contributed by atoms with van der Waals surface area (Å²) >= 11 is 5.12. The number of nitrogens with zero attached hydrogens (tertiary/aromatic N) is 3. The molecule has 0 saturated carbocycles. The van der Waals surface area contributed by atoms with Crippen molar-refractivity contribution in [3.8, 4) is 0 Å². The SMILES string of the molecule is Cc1ccc(C(N)=S)c(N(C)CC2CCN(C)C2)n1. The zero-order chi connectivity index (χ0) is 14.0. The highest BCUT2D eigenvalue weighted by Gasteiger charge is 2.22. The van der Waals surface area contributed by atoms with Gasteiger partial charge < -0.3 is 15.5 Å². The molecule has 1 aliphatic rings. The zero-order valence-corrected chi connectivity index (χ0v) is 12.7. The molecule has 0 amide bonds. The Kier molecular flexibility index (Phi) is 4.37. The van der Waals surface area contributed by atoms with Gasteiger partial charge >= 0.3 is 0 Å². The maximum Gasteiger partial charge on any atom is 0.138 e. The van der Waals surface area contributed by atoms with Crippen molar-refractivity contribution in [1.82, 2.24) is 9.88 Å². The van der Waals surface area contributed by atoms with Crippen LogP contribution in [0.15, 0.2) is 12.1 Å². The maximum absolute atomic E-state index is 5.79. The Bertz CT molecular complexity index is 475. The lowest BCUT2D eigenvalue weighted by Crippen LogP contribution is -2.30. The van der Waals surface area contributed by atoms with Gasteiger partial charge in [-0.1, -0.05) is 12.2 Å². The number of anilines is 1. The Morgan fingerprint density at radius 2 is 2.32 bits per heavy atom. The summed E-state index contributed by atoms with van der Waals surface area (Å²) in [4.78, 5) is 9.57. The molecule has 2 heterocycles. The fourth-order valence-electron chi connectivity index (χ4n) is 2.68. The first-order chi connectivity index (χ1) is 8.97. The molecule has 19 heavy (non-hydrogen) atoms. The molecule has 0 radical (unpaired) electrons. The van der Waals surface area contributed by atoms with E-state index >= 15 is 0 Å². The Morgan fingerprint density at radius 1 is 1.58 bits per heavy atom. The number of likely N-dealkylation sites (tertiary alicyclic amines) is 1. The zero-order valence-electron chi connectivity index (χ0n) is 11.9. The molecule has 0 aliphatic carbocycles. The molecule has 4 nitrogen and oxygen atoms in total. The van der Waals surface area contributed by atoms with E-state index in [4.69, 9.17) is 18.0 Å². The lowest BCUT2D eigenvalue weighted by atomic mass is 10.1. The molecule has 0 bridgehead atoms. The van der Waals surface area contributed by atoms with Crippen LogP contribution in [0, 0.1) is 12.8 Å². The van der Waals surface area contributed by atoms with E-state index in [1.807, 2.05) is 19.1 Å². The molecule has 5 heteroatoms. The highest BCUT2D eigenvalue weighted by Crippen LogP contribution is 2.21. The summed E-state index contributed by atoms with van der Waals surface area (Å²) in [6.07, 6.45) is 1.25. The Balaban J connectivity index is 2.15. The normalized spacial score (nSPS) is 19.6. The topological polar surface area (TPSA) is 45.4 Å². The van der Waals surface area contributed by atoms with Gasteiger partial charge in [-0.3, -0.25) is 0 Å². The van der Waals surface area contributed by atoms with Gasteiger partial charge in [0.05, 0.1) is 5.56 Å². The van der Waals surface area contributed by atoms with Crippen LogP contribution in [0.5, 0.6) is 0 Å². The molecule has 0 aromatic carbocycles. The van der Waals surface area contributed by atoms with Crippen molar-refractivity contribution in [3.63, 3.8) is 0 Å². The van der Waals surface area contributed by atoms with Crippen molar-refractivity contribution in [3.05, 3.63) is 23.4 Å². The second-order valence-corrected chi connectivity index (χ2v) is 5.93. The van der Waals surface area contributed by atoms with Crippen molar-refractivity contribution < 1.29 is 0 Å². The van der Waals surface area contributed by atoms with Gasteiger partial charge in [-0.15, -0.1) is 0 Å². The van der Waals surface area contributed by atoms with Crippen LogP contribution in [0.2, 0.25) is 0 Å². The van der Waals surface area contributed by atoms with Gasteiger partial charge in [0.15, 0.2) is 0 Å². The molecule has 1 fully saturated rings. The number of rotatable bonds is 4. The van der Waals surface area contributed by atoms with E-state index in [-0.39, 0.29) is 0 Å². The first-order valence-electron chi connectivity index (χ1n) is 6.64. The Labute approximate surface area is 120 Å². The summed E-state index contributed by atoms with van der Waals surface area (Å²) in [5, 5.41) is 0. The van der Waals surface area contributed by atoms with E-state index in [0.29, 0.717) is 10.9 Å². The number of thiocarbonyl (C=S) groups is 1. The number of aryl methyl sites for hydroxylation is 1. The van der Waals surface area contributed by atoms with Crippen LogP contribution >= 0.6 is 12.2 Å². The van der Waals surface area contributed by atoms with Crippen LogP contribution in [0.25, 0.3) is 0 Å². The minimum absolute atomic E-state index is 0.415. The van der Waals surface area contributed by atoms with Crippen molar-refractivity contribution in [2.24, 2.45) is 11.7 Å². The minimum atomic E-state index is 0.415. The number of pyridine rings is 1. The standard InChI is InChI=1S/C14H22N4S/c1-10-4-5-12(13(15)19)14(16-10)18(3)9-11-6-7-17(2)8-11/h4-5,11H,6-9H2,1-3H3,(H2,15,19). The largest absolute Gasteiger partial charge is 0.389 e. The van der Waals surface area contributed by atoms with Crippen molar-refractivity contribution >= 4 is 23.0 Å². The van der Waals surface area contributed by atoms with Gasteiger partial charge in [-0.25, -0.2) is 4.98 Å². The van der Waals surface area contributed by atoms with E-state index in [9.17, 15) is 0 Å². The average Bonchev–Trinajstić information content (AvgIpc) is 2.74. The van der Waals surface area contributed by atoms with Gasteiger partial charge in [0.2, 0.25) is 0 Å². The number of aromatic nitrogens is 1. The molecule has 1 aliphatic heterocycles. The Morgan fingerprint density at radius 3 is 2.89 bits per heavy atom. The van der Waals surface area contributed by atoms with Crippen LogP contribution in [0.4, 0.5) is 5.82 Å². The lowest BCUT2D eigenvalue weighted by Gasteiger charge is -2.24. The molecule has 104 valence electrons. The fraction of sp³-hybridized carbons (Fsp3) is 0.571. The summed E-state index contributed by atoms with van der Waals surface area (Å²) in [6.45, 7) is 5.32. The van der Waals surface area contributed by atoms with Gasteiger partial charge in [-0.2, -0.15) is 0 Å². The average molecular weight is 278 g/mol. The fourth-order valence-corrected chi connectivity index (χ4v) is 2.83. The number of hydrogen-bond donors (Lipinski definition) is 1. The van der Waals surface area contributed by atoms with Gasteiger partial charge in [0.25, 0.3) is 0 Å². The highest BCUT2D eigenvalue weighted by molar-refractivity contribution is 7.80. The summed E-state index contributed by atoms with van der Waals surface area (Å²) in [5.41, 5.74) is 7.65. The van der Waals surface area contributed by atoms with Crippen molar-refractivity contribution in [2.45, 2.75) is 13.3 Å². The van der Waals surface area contributed by atoms with Crippen LogP contribution < -0.4 is 10.6 Å². The van der Waals surface area contributed by atoms with E-state index in [2.05, 4.69) is 28.9 Å². The van der Waals surface area contributed by atoms with E-state index in [0.717, 1.165) is 30.2 Å². The quantitative estimate of drug-likeness (QED) is 0.844. The van der Waals surface area contributed by atoms with E-state index in [1.54, 1.807) is 0 Å².